The molecule has 136 valence electrons. The first-order valence-corrected chi connectivity index (χ1v) is 9.70. The van der Waals surface area contributed by atoms with Crippen LogP contribution >= 0.6 is 34.3 Å². The van der Waals surface area contributed by atoms with Crippen LogP contribution < -0.4 is 10.3 Å². The maximum absolute atomic E-state index is 12.8. The number of nitrogens with zero attached hydrogens (tertiary/aromatic N) is 1. The number of pyridine rings is 1. The van der Waals surface area contributed by atoms with Crippen molar-refractivity contribution in [1.29, 1.82) is 0 Å². The number of aromatic nitrogens is 1. The van der Waals surface area contributed by atoms with Gasteiger partial charge in [-0.05, 0) is 29.0 Å². The Labute approximate surface area is 161 Å². The molecule has 3 aromatic rings. The molecule has 0 aromatic carbocycles. The van der Waals surface area contributed by atoms with Gasteiger partial charge >= 0.3 is 6.18 Å². The molecule has 0 saturated carbocycles. The maximum Gasteiger partial charge on any atom is 0.417 e. The van der Waals surface area contributed by atoms with E-state index in [1.807, 2.05) is 35.0 Å². The molecular formula is C17H14ClF3N3S2+. The Balaban J connectivity index is 1.87. The van der Waals surface area contributed by atoms with Crippen LogP contribution in [0.15, 0.2) is 47.3 Å². The number of hydrogen-bond acceptors (Lipinski definition) is 3. The van der Waals surface area contributed by atoms with Crippen LogP contribution in [0, 0.1) is 0 Å². The third kappa shape index (κ3) is 4.84. The number of halogens is 4. The van der Waals surface area contributed by atoms with Gasteiger partial charge in [-0.3, -0.25) is 10.3 Å². The van der Waals surface area contributed by atoms with E-state index in [1.54, 1.807) is 22.7 Å². The number of thiophene rings is 2. The molecule has 3 nitrogen and oxygen atoms in total. The minimum absolute atomic E-state index is 0.0628. The fourth-order valence-corrected chi connectivity index (χ4v) is 3.73. The Bertz CT molecular complexity index is 875. The van der Waals surface area contributed by atoms with Crippen molar-refractivity contribution >= 4 is 40.1 Å². The van der Waals surface area contributed by atoms with Crippen molar-refractivity contribution < 1.29 is 18.2 Å². The van der Waals surface area contributed by atoms with E-state index in [9.17, 15) is 13.2 Å². The minimum Gasteiger partial charge on any atom is -0.268 e. The lowest BCUT2D eigenvalue weighted by atomic mass is 10.2. The molecule has 3 aromatic heterocycles. The van der Waals surface area contributed by atoms with Crippen LogP contribution in [0.25, 0.3) is 0 Å². The van der Waals surface area contributed by atoms with E-state index >= 15 is 0 Å². The first-order valence-electron chi connectivity index (χ1n) is 7.56. The fraction of sp³-hybridized carbons (Fsp3) is 0.176. The summed E-state index contributed by atoms with van der Waals surface area (Å²) in [6.07, 6.45) is -3.69. The largest absolute Gasteiger partial charge is 0.417 e. The van der Waals surface area contributed by atoms with Gasteiger partial charge in [0.15, 0.2) is 5.69 Å². The molecule has 3 heterocycles. The fourth-order valence-electron chi connectivity index (χ4n) is 2.18. The molecule has 26 heavy (non-hydrogen) atoms. The van der Waals surface area contributed by atoms with Gasteiger partial charge in [0.05, 0.1) is 10.6 Å². The molecule has 0 aliphatic heterocycles. The predicted molar refractivity (Wildman–Crippen MR) is 98.5 cm³/mol. The third-order valence-electron chi connectivity index (χ3n) is 3.44. The van der Waals surface area contributed by atoms with Crippen LogP contribution in [-0.2, 0) is 19.3 Å². The highest BCUT2D eigenvalue weighted by atomic mass is 35.5. The van der Waals surface area contributed by atoms with Crippen molar-refractivity contribution in [3.63, 3.8) is 0 Å². The third-order valence-corrected chi connectivity index (χ3v) is 5.49. The molecule has 0 aliphatic carbocycles. The van der Waals surface area contributed by atoms with Crippen molar-refractivity contribution in [1.82, 2.24) is 10.3 Å². The lowest BCUT2D eigenvalue weighted by Gasteiger charge is -2.09. The standard InChI is InChI=1S/C17H13ClF3N3S2/c18-14-7-11(17(19,20)21)8-22-15(14)16(23-9-12-3-1-5-25-12)24-10-13-4-2-6-26-13/h1-8H,9-10H2,(H,23,24)/p+1. The van der Waals surface area contributed by atoms with Crippen molar-refractivity contribution in [2.24, 2.45) is 0 Å². The van der Waals surface area contributed by atoms with Crippen LogP contribution in [-0.4, -0.2) is 10.8 Å². The Morgan fingerprint density at radius 2 is 1.85 bits per heavy atom. The topological polar surface area (TPSA) is 38.9 Å². The predicted octanol–water partition coefficient (Wildman–Crippen LogP) is 3.69. The van der Waals surface area contributed by atoms with Crippen LogP contribution in [0.3, 0.4) is 0 Å². The number of amidine groups is 1. The molecule has 3 rings (SSSR count). The SMILES string of the molecule is FC(F)(F)c1cnc(C(NCc2cccs2)=[NH+]Cc2cccs2)c(Cl)c1. The summed E-state index contributed by atoms with van der Waals surface area (Å²) in [5, 5.41) is 7.04. The van der Waals surface area contributed by atoms with Crippen molar-refractivity contribution in [2.75, 3.05) is 0 Å². The second-order valence-electron chi connectivity index (χ2n) is 5.29. The van der Waals surface area contributed by atoms with E-state index in [0.29, 0.717) is 18.9 Å². The molecule has 0 aliphatic rings. The smallest absolute Gasteiger partial charge is 0.268 e. The molecule has 0 spiro atoms. The van der Waals surface area contributed by atoms with E-state index in [4.69, 9.17) is 11.6 Å². The minimum atomic E-state index is -4.48. The second-order valence-corrected chi connectivity index (χ2v) is 7.76. The van der Waals surface area contributed by atoms with Gasteiger partial charge in [0.1, 0.15) is 13.1 Å². The van der Waals surface area contributed by atoms with Gasteiger partial charge in [-0.2, -0.15) is 13.2 Å². The Kier molecular flexibility index (Phi) is 5.95. The van der Waals surface area contributed by atoms with Crippen LogP contribution in [0.2, 0.25) is 5.02 Å². The normalized spacial score (nSPS) is 12.4. The average molecular weight is 417 g/mol. The van der Waals surface area contributed by atoms with E-state index in [0.717, 1.165) is 22.0 Å². The van der Waals surface area contributed by atoms with Gasteiger partial charge in [0.2, 0.25) is 0 Å². The highest BCUT2D eigenvalue weighted by molar-refractivity contribution is 7.10. The van der Waals surface area contributed by atoms with Gasteiger partial charge in [-0.25, -0.2) is 4.98 Å². The molecule has 0 fully saturated rings. The average Bonchev–Trinajstić information content (AvgIpc) is 3.28. The molecule has 0 amide bonds. The van der Waals surface area contributed by atoms with Crippen molar-refractivity contribution in [2.45, 2.75) is 19.3 Å². The van der Waals surface area contributed by atoms with Crippen LogP contribution in [0.4, 0.5) is 13.2 Å². The lowest BCUT2D eigenvalue weighted by Crippen LogP contribution is -2.74. The first kappa shape index (κ1) is 18.9. The highest BCUT2D eigenvalue weighted by Crippen LogP contribution is 2.30. The summed E-state index contributed by atoms with van der Waals surface area (Å²) in [5.74, 6) is 0.491. The molecule has 0 atom stereocenters. The Morgan fingerprint density at radius 3 is 2.42 bits per heavy atom. The van der Waals surface area contributed by atoms with E-state index in [1.165, 1.54) is 0 Å². The van der Waals surface area contributed by atoms with Crippen molar-refractivity contribution in [3.8, 4) is 0 Å². The van der Waals surface area contributed by atoms with Crippen molar-refractivity contribution in [3.05, 3.63) is 73.3 Å². The van der Waals surface area contributed by atoms with Crippen LogP contribution in [0.1, 0.15) is 21.0 Å². The maximum atomic E-state index is 12.8. The Morgan fingerprint density at radius 1 is 1.15 bits per heavy atom. The molecule has 9 heteroatoms. The molecule has 0 bridgehead atoms. The second kappa shape index (κ2) is 8.20. The van der Waals surface area contributed by atoms with Gasteiger partial charge in [0, 0.05) is 16.0 Å². The van der Waals surface area contributed by atoms with E-state index in [2.05, 4.69) is 15.3 Å². The zero-order valence-corrected chi connectivity index (χ0v) is 15.7. The summed E-state index contributed by atoms with van der Waals surface area (Å²) < 4.78 is 38.5. The first-order chi connectivity index (χ1) is 12.4. The van der Waals surface area contributed by atoms with Gasteiger partial charge in [-0.1, -0.05) is 23.7 Å². The number of rotatable bonds is 5. The number of nitrogens with one attached hydrogen (secondary N) is 2. The lowest BCUT2D eigenvalue weighted by molar-refractivity contribution is -0.476. The zero-order chi connectivity index (χ0) is 18.6. The Hall–Kier alpha value is -1.90. The molecule has 0 unspecified atom stereocenters. The monoisotopic (exact) mass is 416 g/mol. The summed E-state index contributed by atoms with van der Waals surface area (Å²) in [4.78, 5) is 9.30. The number of alkyl halides is 3. The summed E-state index contributed by atoms with van der Waals surface area (Å²) in [6.45, 7) is 1.03. The molecule has 2 N–H and O–H groups in total. The van der Waals surface area contributed by atoms with Crippen LogP contribution in [0.5, 0.6) is 0 Å². The molecular weight excluding hydrogens is 403 g/mol. The summed E-state index contributed by atoms with van der Waals surface area (Å²) in [5.41, 5.74) is -0.616. The summed E-state index contributed by atoms with van der Waals surface area (Å²) in [7, 11) is 0. The highest BCUT2D eigenvalue weighted by Gasteiger charge is 2.32. The van der Waals surface area contributed by atoms with Gasteiger partial charge in [0.25, 0.3) is 5.84 Å². The molecule has 0 saturated heterocycles. The quantitative estimate of drug-likeness (QED) is 0.492. The zero-order valence-electron chi connectivity index (χ0n) is 13.3. The van der Waals surface area contributed by atoms with Gasteiger partial charge in [-0.15, -0.1) is 22.7 Å². The number of hydrogen-bond donors (Lipinski definition) is 2. The summed E-state index contributed by atoms with van der Waals surface area (Å²) >= 11 is 9.26. The van der Waals surface area contributed by atoms with E-state index in [-0.39, 0.29) is 10.7 Å². The molecule has 0 radical (unpaired) electrons. The van der Waals surface area contributed by atoms with E-state index < -0.39 is 11.7 Å². The summed E-state index contributed by atoms with van der Waals surface area (Å²) in [6, 6.07) is 8.70. The van der Waals surface area contributed by atoms with Gasteiger partial charge < -0.3 is 0 Å².